The summed E-state index contributed by atoms with van der Waals surface area (Å²) < 4.78 is 6.63. The van der Waals surface area contributed by atoms with E-state index in [-0.39, 0.29) is 35.8 Å². The van der Waals surface area contributed by atoms with Gasteiger partial charge in [-0.3, -0.25) is 15.0 Å². The zero-order valence-corrected chi connectivity index (χ0v) is 38.5. The number of hydrogen-bond donors (Lipinski definition) is 0. The molecular weight excluding hydrogens is 804 g/mol. The van der Waals surface area contributed by atoms with E-state index in [1.807, 2.05) is 62.5 Å². The minimum atomic E-state index is -0.434. The first-order chi connectivity index (χ1) is 25.2. The van der Waals surface area contributed by atoms with Crippen LogP contribution in [0.15, 0.2) is 59.5 Å². The topological polar surface area (TPSA) is 68.2 Å². The average Bonchev–Trinajstić information content (AvgIpc) is 3.06. The number of nitrogens with zero attached hydrogens (tertiary/aromatic N) is 4. The summed E-state index contributed by atoms with van der Waals surface area (Å²) in [7, 11) is 0. The molecule has 0 spiro atoms. The highest BCUT2D eigenvalue weighted by molar-refractivity contribution is 9.10. The van der Waals surface area contributed by atoms with E-state index >= 15 is 0 Å². The van der Waals surface area contributed by atoms with Crippen molar-refractivity contribution >= 4 is 33.6 Å². The molecule has 1 aliphatic rings. The van der Waals surface area contributed by atoms with Gasteiger partial charge in [0, 0.05) is 59.6 Å². The third-order valence-corrected chi connectivity index (χ3v) is 11.3. The number of amides is 1. The zero-order chi connectivity index (χ0) is 40.9. The molecule has 1 fully saturated rings. The van der Waals surface area contributed by atoms with Crippen LogP contribution in [0, 0.1) is 35.5 Å². The monoisotopic (exact) mass is 891 g/mol. The van der Waals surface area contributed by atoms with Crippen LogP contribution in [-0.2, 0) is 4.74 Å². The standard InChI is InChI=1S/C22H36N2O2.C12H18BrN.C12H18ClN.4CH4/c1-15(2)20(16(3)4)19-14-18(8-11-23-19)17-9-12-24(13-10-17)21(25)26-22(5,6)7;2*1-8(2)11(9(3)4)12-10(13)6-5-7-14-12;;;;/h8,11,14-17,20H,9-10,12-13H2,1-7H3;2*5-9,11H,1-4H3;4*1H4. The van der Waals surface area contributed by atoms with E-state index in [0.717, 1.165) is 41.1 Å². The Morgan fingerprint density at radius 2 is 1.10 bits per heavy atom. The van der Waals surface area contributed by atoms with Gasteiger partial charge in [-0.2, -0.15) is 0 Å². The van der Waals surface area contributed by atoms with Crippen molar-refractivity contribution in [3.05, 3.63) is 87.1 Å². The van der Waals surface area contributed by atoms with E-state index in [4.69, 9.17) is 16.3 Å². The number of halogens is 2. The Labute approximate surface area is 372 Å². The number of piperidine rings is 1. The van der Waals surface area contributed by atoms with Gasteiger partial charge in [0.1, 0.15) is 5.60 Å². The molecule has 1 saturated heterocycles. The van der Waals surface area contributed by atoms with Gasteiger partial charge >= 0.3 is 6.09 Å². The molecule has 6 nitrogen and oxygen atoms in total. The highest BCUT2D eigenvalue weighted by Gasteiger charge is 2.29. The first kappa shape index (κ1) is 59.8. The summed E-state index contributed by atoms with van der Waals surface area (Å²) in [6.07, 6.45) is 7.43. The van der Waals surface area contributed by atoms with Gasteiger partial charge < -0.3 is 9.64 Å². The predicted octanol–water partition coefficient (Wildman–Crippen LogP) is 16.5. The molecular formula is C50H88BrClN4O2. The quantitative estimate of drug-likeness (QED) is 0.203. The van der Waals surface area contributed by atoms with Gasteiger partial charge in [-0.05, 0) is 133 Å². The second-order valence-corrected chi connectivity index (χ2v) is 19.3. The molecule has 1 amide bonds. The van der Waals surface area contributed by atoms with Gasteiger partial charge in [-0.15, -0.1) is 0 Å². The molecule has 0 aliphatic carbocycles. The van der Waals surface area contributed by atoms with Crippen molar-refractivity contribution in [2.75, 3.05) is 13.1 Å². The van der Waals surface area contributed by atoms with E-state index in [0.29, 0.717) is 59.2 Å². The maximum atomic E-state index is 12.2. The summed E-state index contributed by atoms with van der Waals surface area (Å²) in [5.74, 6) is 5.51. The van der Waals surface area contributed by atoms with Crippen LogP contribution in [0.2, 0.25) is 5.02 Å². The lowest BCUT2D eigenvalue weighted by Crippen LogP contribution is -2.41. The van der Waals surface area contributed by atoms with Crippen LogP contribution in [0.4, 0.5) is 4.79 Å². The molecule has 1 aliphatic heterocycles. The molecule has 3 aromatic rings. The number of carbonyl (C=O) groups excluding carboxylic acids is 1. The third kappa shape index (κ3) is 18.8. The van der Waals surface area contributed by atoms with E-state index < -0.39 is 5.60 Å². The lowest BCUT2D eigenvalue weighted by atomic mass is 9.81. The van der Waals surface area contributed by atoms with E-state index in [2.05, 4.69) is 132 Å². The Morgan fingerprint density at radius 1 is 0.672 bits per heavy atom. The van der Waals surface area contributed by atoms with Crippen molar-refractivity contribution in [2.24, 2.45) is 35.5 Å². The number of likely N-dealkylation sites (tertiary alicyclic amines) is 1. The summed E-state index contributed by atoms with van der Waals surface area (Å²) in [5.41, 5.74) is 4.38. The first-order valence-corrected chi connectivity index (χ1v) is 21.5. The van der Waals surface area contributed by atoms with Crippen molar-refractivity contribution in [3.63, 3.8) is 0 Å². The molecule has 4 rings (SSSR count). The Balaban J connectivity index is -0.000000814. The fraction of sp³-hybridized carbons (Fsp3) is 0.680. The maximum Gasteiger partial charge on any atom is 0.410 e. The van der Waals surface area contributed by atoms with Gasteiger partial charge in [-0.1, -0.05) is 124 Å². The largest absolute Gasteiger partial charge is 0.444 e. The fourth-order valence-electron chi connectivity index (χ4n) is 8.17. The number of aromatic nitrogens is 3. The van der Waals surface area contributed by atoms with Gasteiger partial charge in [0.25, 0.3) is 0 Å². The molecule has 0 unspecified atom stereocenters. The summed E-state index contributed by atoms with van der Waals surface area (Å²) in [6.45, 7) is 34.3. The molecule has 0 radical (unpaired) electrons. The molecule has 58 heavy (non-hydrogen) atoms. The second-order valence-electron chi connectivity index (χ2n) is 18.0. The minimum Gasteiger partial charge on any atom is -0.444 e. The van der Waals surface area contributed by atoms with Crippen molar-refractivity contribution in [1.29, 1.82) is 0 Å². The van der Waals surface area contributed by atoms with Gasteiger partial charge in [-0.25, -0.2) is 4.79 Å². The summed E-state index contributed by atoms with van der Waals surface area (Å²) in [4.78, 5) is 27.6. The smallest absolute Gasteiger partial charge is 0.410 e. The highest BCUT2D eigenvalue weighted by Crippen LogP contribution is 2.36. The second kappa shape index (κ2) is 28.1. The third-order valence-electron chi connectivity index (χ3n) is 10.3. The predicted molar refractivity (Wildman–Crippen MR) is 259 cm³/mol. The minimum absolute atomic E-state index is 0. The molecule has 8 heteroatoms. The number of hydrogen-bond acceptors (Lipinski definition) is 5. The maximum absolute atomic E-state index is 12.2. The zero-order valence-electron chi connectivity index (χ0n) is 36.2. The number of carbonyl (C=O) groups is 1. The van der Waals surface area contributed by atoms with Crippen LogP contribution in [0.3, 0.4) is 0 Å². The summed E-state index contributed by atoms with van der Waals surface area (Å²) in [6, 6.07) is 12.3. The normalized spacial score (nSPS) is 13.1. The number of rotatable bonds is 10. The molecule has 334 valence electrons. The van der Waals surface area contributed by atoms with Crippen LogP contribution in [0.25, 0.3) is 0 Å². The number of pyridine rings is 3. The van der Waals surface area contributed by atoms with Crippen LogP contribution >= 0.6 is 27.5 Å². The average molecular weight is 893 g/mol. The van der Waals surface area contributed by atoms with E-state index in [1.165, 1.54) is 17.0 Å². The van der Waals surface area contributed by atoms with Gasteiger partial charge in [0.2, 0.25) is 0 Å². The summed E-state index contributed by atoms with van der Waals surface area (Å²) >= 11 is 9.72. The molecule has 4 heterocycles. The van der Waals surface area contributed by atoms with Crippen LogP contribution < -0.4 is 0 Å². The molecule has 0 N–H and O–H groups in total. The highest BCUT2D eigenvalue weighted by atomic mass is 79.9. The van der Waals surface area contributed by atoms with Gasteiger partial charge in [0.15, 0.2) is 0 Å². The first-order valence-electron chi connectivity index (χ1n) is 20.3. The molecule has 0 aromatic carbocycles. The van der Waals surface area contributed by atoms with Crippen molar-refractivity contribution in [3.8, 4) is 0 Å². The lowest BCUT2D eigenvalue weighted by molar-refractivity contribution is 0.0204. The Bertz CT molecular complexity index is 1460. The molecule has 0 atom stereocenters. The Morgan fingerprint density at radius 3 is 1.52 bits per heavy atom. The lowest BCUT2D eigenvalue weighted by Gasteiger charge is -2.34. The van der Waals surface area contributed by atoms with E-state index in [1.54, 1.807) is 0 Å². The van der Waals surface area contributed by atoms with Gasteiger partial charge in [0.05, 0.1) is 16.4 Å². The Hall–Kier alpha value is -2.51. The fourth-order valence-corrected chi connectivity index (χ4v) is 8.93. The van der Waals surface area contributed by atoms with Crippen LogP contribution in [0.1, 0.15) is 193 Å². The SMILES string of the molecule is C.C.C.C.CC(C)C(c1cc(C2CCN(C(=O)OC(C)(C)C)CC2)ccn1)C(C)C.CC(C)C(c1ncccc1Br)C(C)C.CC(C)C(c1ncccc1Cl)C(C)C. The van der Waals surface area contributed by atoms with E-state index in [9.17, 15) is 4.79 Å². The van der Waals surface area contributed by atoms with Crippen molar-refractivity contribution in [1.82, 2.24) is 19.9 Å². The Kier molecular flexibility index (Phi) is 29.0. The number of ether oxygens (including phenoxy) is 1. The van der Waals surface area contributed by atoms with Crippen LogP contribution in [0.5, 0.6) is 0 Å². The molecule has 0 bridgehead atoms. The van der Waals surface area contributed by atoms with Crippen molar-refractivity contribution < 1.29 is 9.53 Å². The molecule has 3 aromatic heterocycles. The van der Waals surface area contributed by atoms with Crippen LogP contribution in [-0.4, -0.2) is 44.6 Å². The van der Waals surface area contributed by atoms with Crippen molar-refractivity contribution in [2.45, 2.75) is 176 Å². The molecule has 0 saturated carbocycles. The summed E-state index contributed by atoms with van der Waals surface area (Å²) in [5, 5.41) is 0.792.